The summed E-state index contributed by atoms with van der Waals surface area (Å²) in [5.74, 6) is -0.151. The molecule has 0 unspecified atom stereocenters. The molecule has 28 heavy (non-hydrogen) atoms. The number of oxazole rings is 1. The Hall–Kier alpha value is -3.49. The van der Waals surface area contributed by atoms with Crippen molar-refractivity contribution in [2.45, 2.75) is 19.1 Å². The van der Waals surface area contributed by atoms with Crippen molar-refractivity contribution in [1.29, 1.82) is 0 Å². The SMILES string of the molecule is O=C(CCc1ncc(-c2ccc(F)cc2)o1)Nc1ccc2c(c1)OC(F)(F)O2. The summed E-state index contributed by atoms with van der Waals surface area (Å²) in [6.45, 7) is 0. The van der Waals surface area contributed by atoms with Crippen molar-refractivity contribution in [3.8, 4) is 22.8 Å². The standard InChI is InChI=1S/C19H13F3N2O4/c20-12-3-1-11(2-4-12)16-10-23-18(26-16)8-7-17(25)24-13-5-6-14-15(9-13)28-19(21,22)27-14/h1-6,9-10H,7-8H2,(H,24,25). The van der Waals surface area contributed by atoms with Gasteiger partial charge in [0.25, 0.3) is 0 Å². The summed E-state index contributed by atoms with van der Waals surface area (Å²) in [4.78, 5) is 16.2. The van der Waals surface area contributed by atoms with Crippen LogP contribution in [-0.4, -0.2) is 17.2 Å². The van der Waals surface area contributed by atoms with E-state index in [9.17, 15) is 18.0 Å². The normalized spacial score (nSPS) is 14.1. The number of halogens is 3. The summed E-state index contributed by atoms with van der Waals surface area (Å²) in [7, 11) is 0. The quantitative estimate of drug-likeness (QED) is 0.700. The molecular weight excluding hydrogens is 377 g/mol. The van der Waals surface area contributed by atoms with Gasteiger partial charge in [0, 0.05) is 30.2 Å². The molecule has 2 aromatic carbocycles. The third kappa shape index (κ3) is 3.93. The van der Waals surface area contributed by atoms with Crippen LogP contribution >= 0.6 is 0 Å². The van der Waals surface area contributed by atoms with Gasteiger partial charge < -0.3 is 19.2 Å². The highest BCUT2D eigenvalue weighted by atomic mass is 19.3. The van der Waals surface area contributed by atoms with Gasteiger partial charge in [-0.05, 0) is 36.4 Å². The van der Waals surface area contributed by atoms with Crippen LogP contribution < -0.4 is 14.8 Å². The van der Waals surface area contributed by atoms with E-state index in [1.54, 1.807) is 12.1 Å². The van der Waals surface area contributed by atoms with Gasteiger partial charge in [-0.2, -0.15) is 0 Å². The van der Waals surface area contributed by atoms with Crippen molar-refractivity contribution < 1.29 is 31.9 Å². The van der Waals surface area contributed by atoms with E-state index < -0.39 is 6.29 Å². The number of alkyl halides is 2. The number of carbonyl (C=O) groups excluding carboxylic acids is 1. The zero-order valence-electron chi connectivity index (χ0n) is 14.2. The highest BCUT2D eigenvalue weighted by molar-refractivity contribution is 5.91. The summed E-state index contributed by atoms with van der Waals surface area (Å²) in [5.41, 5.74) is 0.964. The van der Waals surface area contributed by atoms with E-state index in [0.717, 1.165) is 0 Å². The number of nitrogens with one attached hydrogen (secondary N) is 1. The van der Waals surface area contributed by atoms with Gasteiger partial charge in [0.2, 0.25) is 5.91 Å². The number of nitrogens with zero attached hydrogens (tertiary/aromatic N) is 1. The molecule has 0 bridgehead atoms. The van der Waals surface area contributed by atoms with Crippen molar-refractivity contribution in [2.24, 2.45) is 0 Å². The van der Waals surface area contributed by atoms with E-state index in [0.29, 0.717) is 22.9 Å². The Bertz CT molecular complexity index is 1020. The third-order valence-corrected chi connectivity index (χ3v) is 3.93. The van der Waals surface area contributed by atoms with Crippen LogP contribution in [0.1, 0.15) is 12.3 Å². The van der Waals surface area contributed by atoms with Crippen LogP contribution in [-0.2, 0) is 11.2 Å². The Morgan fingerprint density at radius 3 is 2.61 bits per heavy atom. The van der Waals surface area contributed by atoms with Gasteiger partial charge in [-0.1, -0.05) is 0 Å². The molecule has 4 rings (SSSR count). The lowest BCUT2D eigenvalue weighted by atomic mass is 10.2. The first-order valence-electron chi connectivity index (χ1n) is 8.28. The smallest absolute Gasteiger partial charge is 0.441 e. The van der Waals surface area contributed by atoms with Crippen LogP contribution in [0.4, 0.5) is 18.9 Å². The van der Waals surface area contributed by atoms with Crippen molar-refractivity contribution in [1.82, 2.24) is 4.98 Å². The fraction of sp³-hybridized carbons (Fsp3) is 0.158. The Balaban J connectivity index is 1.34. The number of rotatable bonds is 5. The maximum atomic E-state index is 13.0. The van der Waals surface area contributed by atoms with Crippen LogP contribution in [0.15, 0.2) is 53.1 Å². The predicted molar refractivity (Wildman–Crippen MR) is 91.5 cm³/mol. The maximum absolute atomic E-state index is 13.0. The molecule has 6 nitrogen and oxygen atoms in total. The van der Waals surface area contributed by atoms with E-state index in [-0.39, 0.29) is 36.1 Å². The number of aromatic nitrogens is 1. The first kappa shape index (κ1) is 17.9. The molecule has 0 radical (unpaired) electrons. The molecule has 0 spiro atoms. The fourth-order valence-electron chi connectivity index (χ4n) is 2.64. The van der Waals surface area contributed by atoms with Crippen LogP contribution in [0, 0.1) is 5.82 Å². The number of fused-ring (bicyclic) bond motifs is 1. The molecule has 1 aromatic heterocycles. The number of hydrogen-bond donors (Lipinski definition) is 1. The van der Waals surface area contributed by atoms with Crippen molar-refractivity contribution in [3.05, 3.63) is 60.4 Å². The zero-order valence-corrected chi connectivity index (χ0v) is 14.2. The van der Waals surface area contributed by atoms with Crippen molar-refractivity contribution in [3.63, 3.8) is 0 Å². The molecule has 1 aliphatic rings. The highest BCUT2D eigenvalue weighted by Crippen LogP contribution is 2.42. The van der Waals surface area contributed by atoms with Crippen LogP contribution in [0.5, 0.6) is 11.5 Å². The molecule has 0 saturated heterocycles. The lowest BCUT2D eigenvalue weighted by Crippen LogP contribution is -2.25. The maximum Gasteiger partial charge on any atom is 0.586 e. The number of ether oxygens (including phenoxy) is 2. The molecule has 0 atom stereocenters. The summed E-state index contributed by atoms with van der Waals surface area (Å²) < 4.78 is 53.2. The van der Waals surface area contributed by atoms with Crippen LogP contribution in [0.3, 0.4) is 0 Å². The van der Waals surface area contributed by atoms with Gasteiger partial charge in [-0.25, -0.2) is 9.37 Å². The molecule has 1 amide bonds. The number of carbonyl (C=O) groups is 1. The average Bonchev–Trinajstić information content (AvgIpc) is 3.23. The molecule has 1 N–H and O–H groups in total. The number of benzene rings is 2. The third-order valence-electron chi connectivity index (χ3n) is 3.93. The minimum Gasteiger partial charge on any atom is -0.441 e. The van der Waals surface area contributed by atoms with E-state index in [1.165, 1.54) is 36.5 Å². The Morgan fingerprint density at radius 2 is 1.82 bits per heavy atom. The fourth-order valence-corrected chi connectivity index (χ4v) is 2.64. The number of amides is 1. The minimum absolute atomic E-state index is 0.0635. The van der Waals surface area contributed by atoms with Gasteiger partial charge >= 0.3 is 6.29 Å². The molecule has 9 heteroatoms. The van der Waals surface area contributed by atoms with E-state index in [2.05, 4.69) is 19.8 Å². The molecule has 0 saturated carbocycles. The summed E-state index contributed by atoms with van der Waals surface area (Å²) >= 11 is 0. The monoisotopic (exact) mass is 390 g/mol. The largest absolute Gasteiger partial charge is 0.586 e. The average molecular weight is 390 g/mol. The van der Waals surface area contributed by atoms with E-state index in [4.69, 9.17) is 4.42 Å². The molecule has 0 fully saturated rings. The van der Waals surface area contributed by atoms with Crippen LogP contribution in [0.2, 0.25) is 0 Å². The molecular formula is C19H13F3N2O4. The van der Waals surface area contributed by atoms with Crippen molar-refractivity contribution >= 4 is 11.6 Å². The summed E-state index contributed by atoms with van der Waals surface area (Å²) in [6, 6.07) is 9.73. The van der Waals surface area contributed by atoms with Gasteiger partial charge in [0.15, 0.2) is 23.1 Å². The minimum atomic E-state index is -3.71. The van der Waals surface area contributed by atoms with E-state index in [1.807, 2.05) is 0 Å². The lowest BCUT2D eigenvalue weighted by molar-refractivity contribution is -0.286. The molecule has 2 heterocycles. The highest BCUT2D eigenvalue weighted by Gasteiger charge is 2.43. The van der Waals surface area contributed by atoms with Crippen LogP contribution in [0.25, 0.3) is 11.3 Å². The van der Waals surface area contributed by atoms with Gasteiger partial charge in [0.05, 0.1) is 6.20 Å². The second-order valence-electron chi connectivity index (χ2n) is 6.00. The predicted octanol–water partition coefficient (Wildman–Crippen LogP) is 4.37. The molecule has 0 aliphatic carbocycles. The molecule has 144 valence electrons. The van der Waals surface area contributed by atoms with Gasteiger partial charge in [-0.15, -0.1) is 8.78 Å². The second-order valence-corrected chi connectivity index (χ2v) is 6.00. The Labute approximate surface area is 156 Å². The Kier molecular flexibility index (Phi) is 4.42. The number of hydrogen-bond acceptors (Lipinski definition) is 5. The van der Waals surface area contributed by atoms with Crippen molar-refractivity contribution in [2.75, 3.05) is 5.32 Å². The summed E-state index contributed by atoms with van der Waals surface area (Å²) in [5, 5.41) is 2.58. The zero-order chi connectivity index (χ0) is 19.7. The second kappa shape index (κ2) is 6.91. The van der Waals surface area contributed by atoms with E-state index >= 15 is 0 Å². The lowest BCUT2D eigenvalue weighted by Gasteiger charge is -2.05. The molecule has 1 aliphatic heterocycles. The topological polar surface area (TPSA) is 73.6 Å². The molecule has 3 aromatic rings. The Morgan fingerprint density at radius 1 is 1.07 bits per heavy atom. The number of anilines is 1. The first-order chi connectivity index (χ1) is 13.4. The van der Waals surface area contributed by atoms with Gasteiger partial charge in [-0.3, -0.25) is 4.79 Å². The summed E-state index contributed by atoms with van der Waals surface area (Å²) in [6.07, 6.45) is -1.92. The number of aryl methyl sites for hydroxylation is 1. The van der Waals surface area contributed by atoms with Gasteiger partial charge in [0.1, 0.15) is 5.82 Å². The first-order valence-corrected chi connectivity index (χ1v) is 8.28.